The molecule has 0 saturated heterocycles. The number of amides is 1. The van der Waals surface area contributed by atoms with Crippen LogP contribution in [0, 0.1) is 11.3 Å². The van der Waals surface area contributed by atoms with Gasteiger partial charge >= 0.3 is 6.09 Å². The molecule has 0 radical (unpaired) electrons. The van der Waals surface area contributed by atoms with E-state index in [2.05, 4.69) is 0 Å². The van der Waals surface area contributed by atoms with Crippen LogP contribution in [-0.4, -0.2) is 31.4 Å². The molecule has 0 atom stereocenters. The lowest BCUT2D eigenvalue weighted by Crippen LogP contribution is -2.20. The van der Waals surface area contributed by atoms with Crippen molar-refractivity contribution in [1.29, 1.82) is 5.26 Å². The summed E-state index contributed by atoms with van der Waals surface area (Å²) >= 11 is 5.91. The Morgan fingerprint density at radius 2 is 1.95 bits per heavy atom. The monoisotopic (exact) mass is 344 g/mol. The lowest BCUT2D eigenvalue weighted by molar-refractivity contribution is 0.196. The van der Waals surface area contributed by atoms with Gasteiger partial charge in [-0.05, 0) is 25.0 Å². The molecule has 0 spiro atoms. The van der Waals surface area contributed by atoms with Crippen molar-refractivity contribution in [2.24, 2.45) is 0 Å². The van der Waals surface area contributed by atoms with E-state index in [1.54, 1.807) is 30.3 Å². The van der Waals surface area contributed by atoms with Gasteiger partial charge in [-0.2, -0.15) is 5.26 Å². The van der Waals surface area contributed by atoms with E-state index in [0.29, 0.717) is 9.92 Å². The molecule has 0 heterocycles. The molecule has 0 aromatic heterocycles. The first kappa shape index (κ1) is 18.3. The molecule has 2 N–H and O–H groups in total. The molecule has 6 nitrogen and oxygen atoms in total. The van der Waals surface area contributed by atoms with Gasteiger partial charge in [0.05, 0.1) is 21.2 Å². The SMILES string of the molecule is N#CCNC(=O)O.O=S(=O)(c1ccccc1Cl)C1CCCC1. The first-order valence-corrected chi connectivity index (χ1v) is 8.64. The van der Waals surface area contributed by atoms with Crippen molar-refractivity contribution in [1.82, 2.24) is 5.32 Å². The predicted molar refractivity (Wildman–Crippen MR) is 82.5 cm³/mol. The number of carbonyl (C=O) groups is 1. The van der Waals surface area contributed by atoms with Gasteiger partial charge in [-0.15, -0.1) is 0 Å². The number of nitrogens with one attached hydrogen (secondary N) is 1. The van der Waals surface area contributed by atoms with Gasteiger partial charge in [0, 0.05) is 0 Å². The van der Waals surface area contributed by atoms with Crippen molar-refractivity contribution in [3.05, 3.63) is 29.3 Å². The van der Waals surface area contributed by atoms with E-state index in [0.717, 1.165) is 25.7 Å². The zero-order chi connectivity index (χ0) is 16.6. The molecular formula is C14H17ClN2O4S. The fourth-order valence-corrected chi connectivity index (χ4v) is 4.55. The Hall–Kier alpha value is -1.78. The molecule has 8 heteroatoms. The summed E-state index contributed by atoms with van der Waals surface area (Å²) in [6.45, 7) is -0.144. The quantitative estimate of drug-likeness (QED) is 0.820. The number of sulfone groups is 1. The third-order valence-corrected chi connectivity index (χ3v) is 5.96. The van der Waals surface area contributed by atoms with Crippen molar-refractivity contribution in [2.75, 3.05) is 6.54 Å². The van der Waals surface area contributed by atoms with Crippen molar-refractivity contribution in [3.63, 3.8) is 0 Å². The molecule has 2 rings (SSSR count). The summed E-state index contributed by atoms with van der Waals surface area (Å²) in [5.74, 6) is 0. The van der Waals surface area contributed by atoms with Crippen LogP contribution in [0.1, 0.15) is 25.7 Å². The van der Waals surface area contributed by atoms with Crippen molar-refractivity contribution < 1.29 is 18.3 Å². The Kier molecular flexibility index (Phi) is 7.15. The van der Waals surface area contributed by atoms with E-state index in [-0.39, 0.29) is 11.8 Å². The van der Waals surface area contributed by atoms with Crippen LogP contribution in [0.15, 0.2) is 29.2 Å². The summed E-state index contributed by atoms with van der Waals surface area (Å²) in [5.41, 5.74) is 0. The molecule has 0 unspecified atom stereocenters. The minimum absolute atomic E-state index is 0.144. The third kappa shape index (κ3) is 5.20. The van der Waals surface area contributed by atoms with Crippen LogP contribution in [0.2, 0.25) is 5.02 Å². The summed E-state index contributed by atoms with van der Waals surface area (Å²) in [6.07, 6.45) is 2.39. The van der Waals surface area contributed by atoms with Crippen LogP contribution in [0.3, 0.4) is 0 Å². The van der Waals surface area contributed by atoms with Crippen LogP contribution < -0.4 is 5.32 Å². The largest absolute Gasteiger partial charge is 0.465 e. The highest BCUT2D eigenvalue weighted by Gasteiger charge is 2.31. The second-order valence-corrected chi connectivity index (χ2v) is 7.30. The fraction of sp³-hybridized carbons (Fsp3) is 0.429. The predicted octanol–water partition coefficient (Wildman–Crippen LogP) is 2.83. The summed E-state index contributed by atoms with van der Waals surface area (Å²) in [7, 11) is -3.20. The average Bonchev–Trinajstić information content (AvgIpc) is 3.01. The van der Waals surface area contributed by atoms with Gasteiger partial charge in [0.2, 0.25) is 0 Å². The number of halogens is 1. The number of carboxylic acid groups (broad SMARTS) is 1. The maximum atomic E-state index is 12.2. The lowest BCUT2D eigenvalue weighted by Gasteiger charge is -2.11. The van der Waals surface area contributed by atoms with Gasteiger partial charge in [-0.1, -0.05) is 36.6 Å². The van der Waals surface area contributed by atoms with Crippen molar-refractivity contribution in [2.45, 2.75) is 35.8 Å². The zero-order valence-electron chi connectivity index (χ0n) is 11.8. The topological polar surface area (TPSA) is 107 Å². The molecule has 1 aliphatic rings. The number of nitriles is 1. The summed E-state index contributed by atoms with van der Waals surface area (Å²) < 4.78 is 24.3. The Morgan fingerprint density at radius 3 is 2.41 bits per heavy atom. The number of benzene rings is 1. The first-order chi connectivity index (χ1) is 10.4. The summed E-state index contributed by atoms with van der Waals surface area (Å²) in [5, 5.41) is 17.5. The van der Waals surface area contributed by atoms with Gasteiger partial charge in [-0.25, -0.2) is 13.2 Å². The highest BCUT2D eigenvalue weighted by molar-refractivity contribution is 7.92. The zero-order valence-corrected chi connectivity index (χ0v) is 13.4. The molecular weight excluding hydrogens is 328 g/mol. The maximum absolute atomic E-state index is 12.2. The number of hydrogen-bond acceptors (Lipinski definition) is 4. The van der Waals surface area contributed by atoms with Crippen LogP contribution in [0.4, 0.5) is 4.79 Å². The summed E-state index contributed by atoms with van der Waals surface area (Å²) in [6, 6.07) is 8.29. The minimum Gasteiger partial charge on any atom is -0.465 e. The van der Waals surface area contributed by atoms with Gasteiger partial charge in [0.15, 0.2) is 9.84 Å². The van der Waals surface area contributed by atoms with Crippen LogP contribution in [-0.2, 0) is 9.84 Å². The van der Waals surface area contributed by atoms with E-state index in [1.807, 2.05) is 5.32 Å². The standard InChI is InChI=1S/C11H13ClO2S.C3H4N2O2/c12-10-7-3-4-8-11(10)15(13,14)9-5-1-2-6-9;4-1-2-5-3(6)7/h3-4,7-9H,1-2,5-6H2;5H,2H2,(H,6,7). The normalized spacial score (nSPS) is 14.5. The second-order valence-electron chi connectivity index (χ2n) is 4.70. The minimum atomic E-state index is -3.20. The maximum Gasteiger partial charge on any atom is 0.405 e. The Bertz CT molecular complexity index is 649. The highest BCUT2D eigenvalue weighted by atomic mass is 35.5. The Morgan fingerprint density at radius 1 is 1.36 bits per heavy atom. The van der Waals surface area contributed by atoms with Gasteiger partial charge in [-0.3, -0.25) is 0 Å². The molecule has 0 aliphatic heterocycles. The van der Waals surface area contributed by atoms with E-state index in [4.69, 9.17) is 22.0 Å². The number of rotatable bonds is 3. The Balaban J connectivity index is 0.000000295. The highest BCUT2D eigenvalue weighted by Crippen LogP contribution is 2.32. The molecule has 120 valence electrons. The molecule has 1 aromatic carbocycles. The van der Waals surface area contributed by atoms with Crippen LogP contribution in [0.5, 0.6) is 0 Å². The molecule has 1 aromatic rings. The second kappa shape index (κ2) is 8.61. The molecule has 1 fully saturated rings. The van der Waals surface area contributed by atoms with Crippen molar-refractivity contribution in [3.8, 4) is 6.07 Å². The molecule has 0 bridgehead atoms. The van der Waals surface area contributed by atoms with Crippen LogP contribution in [0.25, 0.3) is 0 Å². The summed E-state index contributed by atoms with van der Waals surface area (Å²) in [4.78, 5) is 9.79. The Labute approximate surface area is 134 Å². The van der Waals surface area contributed by atoms with Gasteiger partial charge in [0.1, 0.15) is 6.54 Å². The average molecular weight is 345 g/mol. The fourth-order valence-electron chi connectivity index (χ4n) is 2.17. The molecule has 1 saturated carbocycles. The number of hydrogen-bond donors (Lipinski definition) is 2. The first-order valence-electron chi connectivity index (χ1n) is 6.71. The molecule has 1 amide bonds. The van der Waals surface area contributed by atoms with Crippen molar-refractivity contribution >= 4 is 27.5 Å². The molecule has 1 aliphatic carbocycles. The van der Waals surface area contributed by atoms with E-state index in [1.165, 1.54) is 0 Å². The van der Waals surface area contributed by atoms with E-state index in [9.17, 15) is 13.2 Å². The van der Waals surface area contributed by atoms with Gasteiger partial charge in [0.25, 0.3) is 0 Å². The van der Waals surface area contributed by atoms with E-state index >= 15 is 0 Å². The number of nitrogens with zero attached hydrogens (tertiary/aromatic N) is 1. The molecule has 22 heavy (non-hydrogen) atoms. The lowest BCUT2D eigenvalue weighted by atomic mass is 10.4. The van der Waals surface area contributed by atoms with Gasteiger partial charge < -0.3 is 10.4 Å². The smallest absolute Gasteiger partial charge is 0.405 e. The third-order valence-electron chi connectivity index (χ3n) is 3.20. The van der Waals surface area contributed by atoms with Crippen LogP contribution >= 0.6 is 11.6 Å². The van der Waals surface area contributed by atoms with E-state index < -0.39 is 15.9 Å².